The van der Waals surface area contributed by atoms with E-state index in [0.717, 1.165) is 18.8 Å². The molecule has 2 aliphatic heterocycles. The molecule has 2 aliphatic rings. The molecule has 7 heteroatoms. The molecule has 0 aliphatic carbocycles. The molecule has 2 saturated heterocycles. The Hall–Kier alpha value is -2.25. The number of carbonyl (C=O) groups excluding carboxylic acids is 2. The summed E-state index contributed by atoms with van der Waals surface area (Å²) in [5, 5.41) is 0. The number of nitrogens with zero attached hydrogens (tertiary/aromatic N) is 4. The van der Waals surface area contributed by atoms with E-state index in [1.165, 1.54) is 0 Å². The third kappa shape index (κ3) is 5.11. The van der Waals surface area contributed by atoms with Crippen molar-refractivity contribution in [2.75, 3.05) is 59.0 Å². The fourth-order valence-corrected chi connectivity index (χ4v) is 2.96. The van der Waals surface area contributed by atoms with Crippen LogP contribution in [0, 0.1) is 0 Å². The zero-order valence-corrected chi connectivity index (χ0v) is 14.3. The van der Waals surface area contributed by atoms with E-state index in [1.54, 1.807) is 23.2 Å². The molecule has 3 rings (SSSR count). The monoisotopic (exact) mass is 344 g/mol. The molecular weight excluding hydrogens is 320 g/mol. The molecule has 0 aromatic carbocycles. The average molecular weight is 344 g/mol. The van der Waals surface area contributed by atoms with Crippen molar-refractivity contribution in [3.8, 4) is 0 Å². The Kier molecular flexibility index (Phi) is 6.14. The van der Waals surface area contributed by atoms with Crippen molar-refractivity contribution >= 4 is 17.9 Å². The maximum Gasteiger partial charge on any atom is 0.246 e. The maximum atomic E-state index is 12.4. The molecule has 0 radical (unpaired) electrons. The van der Waals surface area contributed by atoms with Gasteiger partial charge in [0.25, 0.3) is 0 Å². The van der Waals surface area contributed by atoms with Crippen LogP contribution in [0.15, 0.2) is 30.5 Å². The van der Waals surface area contributed by atoms with Crippen LogP contribution in [0.2, 0.25) is 0 Å². The third-order valence-corrected chi connectivity index (χ3v) is 4.49. The van der Waals surface area contributed by atoms with Crippen LogP contribution in [0.25, 0.3) is 6.08 Å². The molecule has 0 saturated carbocycles. The van der Waals surface area contributed by atoms with Crippen LogP contribution in [0.5, 0.6) is 0 Å². The van der Waals surface area contributed by atoms with Crippen LogP contribution < -0.4 is 0 Å². The van der Waals surface area contributed by atoms with Crippen molar-refractivity contribution < 1.29 is 14.3 Å². The van der Waals surface area contributed by atoms with Gasteiger partial charge in [0.1, 0.15) is 0 Å². The van der Waals surface area contributed by atoms with E-state index in [4.69, 9.17) is 4.74 Å². The van der Waals surface area contributed by atoms with Crippen LogP contribution in [-0.2, 0) is 14.3 Å². The first-order valence-electron chi connectivity index (χ1n) is 8.68. The Bertz CT molecular complexity index is 606. The van der Waals surface area contributed by atoms with Gasteiger partial charge in [-0.05, 0) is 18.2 Å². The van der Waals surface area contributed by atoms with Gasteiger partial charge in [-0.15, -0.1) is 0 Å². The van der Waals surface area contributed by atoms with Crippen LogP contribution >= 0.6 is 0 Å². The minimum Gasteiger partial charge on any atom is -0.379 e. The van der Waals surface area contributed by atoms with Gasteiger partial charge in [0.15, 0.2) is 0 Å². The lowest BCUT2D eigenvalue weighted by molar-refractivity contribution is -0.138. The number of aromatic nitrogens is 1. The second-order valence-electron chi connectivity index (χ2n) is 6.18. The van der Waals surface area contributed by atoms with Crippen molar-refractivity contribution in [1.82, 2.24) is 19.7 Å². The number of rotatable bonds is 4. The lowest BCUT2D eigenvalue weighted by atomic mass is 10.2. The Labute approximate surface area is 147 Å². The van der Waals surface area contributed by atoms with E-state index < -0.39 is 0 Å². The predicted molar refractivity (Wildman–Crippen MR) is 93.7 cm³/mol. The highest BCUT2D eigenvalue weighted by molar-refractivity contribution is 5.91. The first-order valence-corrected chi connectivity index (χ1v) is 8.68. The van der Waals surface area contributed by atoms with Crippen LogP contribution in [0.3, 0.4) is 0 Å². The van der Waals surface area contributed by atoms with E-state index in [9.17, 15) is 9.59 Å². The summed E-state index contributed by atoms with van der Waals surface area (Å²) < 4.78 is 5.30. The smallest absolute Gasteiger partial charge is 0.246 e. The summed E-state index contributed by atoms with van der Waals surface area (Å²) in [6.45, 7) is 5.76. The van der Waals surface area contributed by atoms with Gasteiger partial charge in [-0.3, -0.25) is 19.5 Å². The number of piperazine rings is 1. The number of carbonyl (C=O) groups is 2. The summed E-state index contributed by atoms with van der Waals surface area (Å²) in [5.41, 5.74) is 0.759. The van der Waals surface area contributed by atoms with Gasteiger partial charge in [0, 0.05) is 51.5 Å². The summed E-state index contributed by atoms with van der Waals surface area (Å²) in [7, 11) is 0. The zero-order valence-electron chi connectivity index (χ0n) is 14.3. The van der Waals surface area contributed by atoms with E-state index in [1.807, 2.05) is 23.1 Å². The molecule has 0 spiro atoms. The summed E-state index contributed by atoms with van der Waals surface area (Å²) in [6, 6.07) is 5.58. The third-order valence-electron chi connectivity index (χ3n) is 4.49. The highest BCUT2D eigenvalue weighted by atomic mass is 16.5. The highest BCUT2D eigenvalue weighted by Gasteiger charge is 2.24. The van der Waals surface area contributed by atoms with Gasteiger partial charge in [-0.1, -0.05) is 6.07 Å². The molecule has 2 amide bonds. The molecule has 1 aromatic rings. The SMILES string of the molecule is O=C(/C=C/c1ccccn1)N1CCN(C(=O)CN2CCOCC2)CC1. The number of ether oxygens (including phenoxy) is 1. The van der Waals surface area contributed by atoms with E-state index in [0.29, 0.717) is 45.9 Å². The molecular formula is C18H24N4O3. The molecule has 134 valence electrons. The van der Waals surface area contributed by atoms with Gasteiger partial charge in [0.2, 0.25) is 11.8 Å². The Balaban J connectivity index is 1.44. The van der Waals surface area contributed by atoms with Crippen molar-refractivity contribution in [3.05, 3.63) is 36.2 Å². The van der Waals surface area contributed by atoms with Gasteiger partial charge in [-0.2, -0.15) is 0 Å². The van der Waals surface area contributed by atoms with Gasteiger partial charge < -0.3 is 14.5 Å². The van der Waals surface area contributed by atoms with Crippen molar-refractivity contribution in [1.29, 1.82) is 0 Å². The molecule has 0 bridgehead atoms. The minimum atomic E-state index is -0.0362. The first-order chi connectivity index (χ1) is 12.2. The largest absolute Gasteiger partial charge is 0.379 e. The number of hydrogen-bond acceptors (Lipinski definition) is 5. The molecule has 2 fully saturated rings. The summed E-state index contributed by atoms with van der Waals surface area (Å²) in [4.78, 5) is 34.5. The topological polar surface area (TPSA) is 66.0 Å². The fourth-order valence-electron chi connectivity index (χ4n) is 2.96. The molecule has 3 heterocycles. The molecule has 0 atom stereocenters. The van der Waals surface area contributed by atoms with E-state index in [2.05, 4.69) is 9.88 Å². The van der Waals surface area contributed by atoms with Crippen LogP contribution in [0.4, 0.5) is 0 Å². The number of pyridine rings is 1. The van der Waals surface area contributed by atoms with Gasteiger partial charge >= 0.3 is 0 Å². The Morgan fingerprint density at radius 2 is 1.76 bits per heavy atom. The number of morpholine rings is 1. The first kappa shape index (κ1) is 17.6. The lowest BCUT2D eigenvalue weighted by Crippen LogP contribution is -2.53. The van der Waals surface area contributed by atoms with Crippen LogP contribution in [-0.4, -0.2) is 90.5 Å². The standard InChI is InChI=1S/C18H24N4O3/c23-17(5-4-16-3-1-2-6-19-16)21-7-9-22(10-8-21)18(24)15-20-11-13-25-14-12-20/h1-6H,7-15H2/b5-4+. The molecule has 1 aromatic heterocycles. The molecule has 0 N–H and O–H groups in total. The number of amides is 2. The van der Waals surface area contributed by atoms with Crippen molar-refractivity contribution in [2.24, 2.45) is 0 Å². The molecule has 7 nitrogen and oxygen atoms in total. The minimum absolute atomic E-state index is 0.0362. The normalized spacial score (nSPS) is 19.4. The highest BCUT2D eigenvalue weighted by Crippen LogP contribution is 2.06. The van der Waals surface area contributed by atoms with Crippen LogP contribution in [0.1, 0.15) is 5.69 Å². The van der Waals surface area contributed by atoms with Gasteiger partial charge in [-0.25, -0.2) is 0 Å². The fraction of sp³-hybridized carbons (Fsp3) is 0.500. The summed E-state index contributed by atoms with van der Waals surface area (Å²) >= 11 is 0. The average Bonchev–Trinajstić information content (AvgIpc) is 2.68. The van der Waals surface area contributed by atoms with Crippen molar-refractivity contribution in [2.45, 2.75) is 0 Å². The zero-order chi connectivity index (χ0) is 17.5. The van der Waals surface area contributed by atoms with Crippen molar-refractivity contribution in [3.63, 3.8) is 0 Å². The maximum absolute atomic E-state index is 12.4. The lowest BCUT2D eigenvalue weighted by Gasteiger charge is -2.36. The van der Waals surface area contributed by atoms with E-state index >= 15 is 0 Å². The second-order valence-corrected chi connectivity index (χ2v) is 6.18. The Morgan fingerprint density at radius 1 is 1.04 bits per heavy atom. The van der Waals surface area contributed by atoms with Gasteiger partial charge in [0.05, 0.1) is 25.5 Å². The summed E-state index contributed by atoms with van der Waals surface area (Å²) in [6.07, 6.45) is 4.97. The predicted octanol–water partition coefficient (Wildman–Crippen LogP) is 0.0978. The molecule has 25 heavy (non-hydrogen) atoms. The summed E-state index contributed by atoms with van der Waals surface area (Å²) in [5.74, 6) is 0.101. The molecule has 0 unspecified atom stereocenters. The quantitative estimate of drug-likeness (QED) is 0.725. The second kappa shape index (κ2) is 8.73. The van der Waals surface area contributed by atoms with E-state index in [-0.39, 0.29) is 11.8 Å². The Morgan fingerprint density at radius 3 is 2.44 bits per heavy atom. The number of hydrogen-bond donors (Lipinski definition) is 0.